The van der Waals surface area contributed by atoms with E-state index in [9.17, 15) is 17.6 Å². The van der Waals surface area contributed by atoms with Gasteiger partial charge in [-0.2, -0.15) is 9.41 Å². The molecule has 3 aromatic carbocycles. The minimum Gasteiger partial charge on any atom is -0.272 e. The van der Waals surface area contributed by atoms with Gasteiger partial charge >= 0.3 is 0 Å². The molecule has 3 aromatic rings. The molecule has 3 rings (SSSR count). The fourth-order valence-electron chi connectivity index (χ4n) is 3.81. The van der Waals surface area contributed by atoms with Gasteiger partial charge in [0.1, 0.15) is 5.82 Å². The van der Waals surface area contributed by atoms with Crippen LogP contribution in [-0.4, -0.2) is 37.9 Å². The monoisotopic (exact) mass is 481 g/mol. The van der Waals surface area contributed by atoms with Gasteiger partial charge < -0.3 is 0 Å². The molecular weight excluding hydrogens is 453 g/mol. The summed E-state index contributed by atoms with van der Waals surface area (Å²) in [4.78, 5) is 12.8. The Morgan fingerprint density at radius 1 is 1.00 bits per heavy atom. The first kappa shape index (κ1) is 25.3. The molecule has 0 spiro atoms. The SMILES string of the molecule is Cc1cc(C)c(S(=O)(=O)N(CCc2ccccc2)CC(=O)N/N=C/c2ccc(F)cc2)c(C)c1. The lowest BCUT2D eigenvalue weighted by Crippen LogP contribution is -2.41. The van der Waals surface area contributed by atoms with E-state index in [2.05, 4.69) is 10.5 Å². The molecule has 0 aliphatic carbocycles. The van der Waals surface area contributed by atoms with Crippen LogP contribution in [0.2, 0.25) is 0 Å². The fraction of sp³-hybridized carbons (Fsp3) is 0.231. The Bertz CT molecular complexity index is 1250. The first-order valence-corrected chi connectivity index (χ1v) is 12.3. The molecule has 0 aliphatic heterocycles. The number of nitrogens with zero attached hydrogens (tertiary/aromatic N) is 2. The summed E-state index contributed by atoms with van der Waals surface area (Å²) in [5.41, 5.74) is 6.17. The average molecular weight is 482 g/mol. The predicted octanol–water partition coefficient (Wildman–Crippen LogP) is 4.13. The van der Waals surface area contributed by atoms with Crippen LogP contribution in [-0.2, 0) is 21.2 Å². The molecule has 0 atom stereocenters. The number of rotatable bonds is 9. The van der Waals surface area contributed by atoms with Crippen LogP contribution < -0.4 is 5.43 Å². The number of hydrogen-bond acceptors (Lipinski definition) is 4. The molecule has 0 aliphatic rings. The lowest BCUT2D eigenvalue weighted by Gasteiger charge is -2.24. The summed E-state index contributed by atoms with van der Waals surface area (Å²) < 4.78 is 41.5. The van der Waals surface area contributed by atoms with Gasteiger partial charge in [-0.05, 0) is 61.6 Å². The van der Waals surface area contributed by atoms with Gasteiger partial charge in [0.15, 0.2) is 0 Å². The molecule has 6 nitrogen and oxygen atoms in total. The van der Waals surface area contributed by atoms with E-state index in [0.29, 0.717) is 23.1 Å². The Hall–Kier alpha value is -3.36. The molecule has 34 heavy (non-hydrogen) atoms. The van der Waals surface area contributed by atoms with E-state index in [1.807, 2.05) is 49.4 Å². The largest absolute Gasteiger partial charge is 0.272 e. The molecule has 0 saturated heterocycles. The summed E-state index contributed by atoms with van der Waals surface area (Å²) in [6.45, 7) is 5.18. The Kier molecular flexibility index (Phi) is 8.31. The van der Waals surface area contributed by atoms with Crippen molar-refractivity contribution in [1.29, 1.82) is 0 Å². The number of benzene rings is 3. The van der Waals surface area contributed by atoms with Crippen molar-refractivity contribution in [3.05, 3.63) is 100 Å². The highest BCUT2D eigenvalue weighted by molar-refractivity contribution is 7.89. The third-order valence-electron chi connectivity index (χ3n) is 5.29. The molecule has 0 unspecified atom stereocenters. The molecule has 8 heteroatoms. The van der Waals surface area contributed by atoms with Crippen LogP contribution in [0, 0.1) is 26.6 Å². The van der Waals surface area contributed by atoms with Gasteiger partial charge in [0, 0.05) is 6.54 Å². The number of hydrogen-bond donors (Lipinski definition) is 1. The summed E-state index contributed by atoms with van der Waals surface area (Å²) in [7, 11) is -3.95. The highest BCUT2D eigenvalue weighted by Crippen LogP contribution is 2.25. The predicted molar refractivity (Wildman–Crippen MR) is 132 cm³/mol. The number of nitrogens with one attached hydrogen (secondary N) is 1. The fourth-order valence-corrected chi connectivity index (χ4v) is 5.62. The minimum atomic E-state index is -3.95. The molecule has 0 heterocycles. The van der Waals surface area contributed by atoms with Crippen molar-refractivity contribution in [3.63, 3.8) is 0 Å². The number of carbonyl (C=O) groups is 1. The maximum absolute atomic E-state index is 13.6. The van der Waals surface area contributed by atoms with Gasteiger partial charge in [0.2, 0.25) is 10.0 Å². The lowest BCUT2D eigenvalue weighted by molar-refractivity contribution is -0.121. The van der Waals surface area contributed by atoms with Gasteiger partial charge in [-0.15, -0.1) is 0 Å². The molecule has 0 bridgehead atoms. The Labute approximate surface area is 200 Å². The van der Waals surface area contributed by atoms with Crippen molar-refractivity contribution >= 4 is 22.1 Å². The molecule has 0 aromatic heterocycles. The quantitative estimate of drug-likeness (QED) is 0.369. The molecule has 0 fully saturated rings. The normalized spacial score (nSPS) is 11.8. The van der Waals surface area contributed by atoms with Crippen molar-refractivity contribution in [2.24, 2.45) is 5.10 Å². The van der Waals surface area contributed by atoms with E-state index in [1.165, 1.54) is 34.8 Å². The number of aryl methyl sites for hydroxylation is 3. The molecule has 1 amide bonds. The highest BCUT2D eigenvalue weighted by atomic mass is 32.2. The Morgan fingerprint density at radius 3 is 2.24 bits per heavy atom. The summed E-state index contributed by atoms with van der Waals surface area (Å²) in [6.07, 6.45) is 1.82. The number of amides is 1. The molecular formula is C26H28FN3O3S. The first-order valence-electron chi connectivity index (χ1n) is 10.9. The second-order valence-electron chi connectivity index (χ2n) is 8.15. The molecule has 178 valence electrons. The van der Waals surface area contributed by atoms with E-state index in [-0.39, 0.29) is 23.8 Å². The van der Waals surface area contributed by atoms with Crippen molar-refractivity contribution in [2.75, 3.05) is 13.1 Å². The van der Waals surface area contributed by atoms with Crippen LogP contribution in [0.25, 0.3) is 0 Å². The second-order valence-corrected chi connectivity index (χ2v) is 10.0. The van der Waals surface area contributed by atoms with E-state index in [4.69, 9.17) is 0 Å². The van der Waals surface area contributed by atoms with Crippen molar-refractivity contribution in [1.82, 2.24) is 9.73 Å². The first-order chi connectivity index (χ1) is 16.2. The van der Waals surface area contributed by atoms with Gasteiger partial charge in [-0.3, -0.25) is 4.79 Å². The minimum absolute atomic E-state index is 0.133. The van der Waals surface area contributed by atoms with Crippen molar-refractivity contribution < 1.29 is 17.6 Å². The van der Waals surface area contributed by atoms with Crippen LogP contribution in [0.3, 0.4) is 0 Å². The summed E-state index contributed by atoms with van der Waals surface area (Å²) >= 11 is 0. The Balaban J connectivity index is 1.81. The van der Waals surface area contributed by atoms with Crippen LogP contribution in [0.5, 0.6) is 0 Å². The van der Waals surface area contributed by atoms with Gasteiger partial charge in [-0.25, -0.2) is 18.2 Å². The van der Waals surface area contributed by atoms with Crippen molar-refractivity contribution in [3.8, 4) is 0 Å². The smallest absolute Gasteiger partial charge is 0.255 e. The van der Waals surface area contributed by atoms with E-state index >= 15 is 0 Å². The maximum atomic E-state index is 13.6. The molecule has 0 saturated carbocycles. The number of halogens is 1. The van der Waals surface area contributed by atoms with Crippen LogP contribution in [0.1, 0.15) is 27.8 Å². The van der Waals surface area contributed by atoms with Crippen molar-refractivity contribution in [2.45, 2.75) is 32.1 Å². The number of carbonyl (C=O) groups excluding carboxylic acids is 1. The van der Waals surface area contributed by atoms with Crippen LogP contribution in [0.4, 0.5) is 4.39 Å². The highest BCUT2D eigenvalue weighted by Gasteiger charge is 2.29. The summed E-state index contributed by atoms with van der Waals surface area (Å²) in [5, 5.41) is 3.88. The van der Waals surface area contributed by atoms with E-state index < -0.39 is 15.9 Å². The van der Waals surface area contributed by atoms with Gasteiger partial charge in [-0.1, -0.05) is 60.2 Å². The maximum Gasteiger partial charge on any atom is 0.255 e. The third kappa shape index (κ3) is 6.59. The summed E-state index contributed by atoms with van der Waals surface area (Å²) in [6, 6.07) is 18.8. The number of sulfonamides is 1. The van der Waals surface area contributed by atoms with Gasteiger partial charge in [0.25, 0.3) is 5.91 Å². The number of hydrazone groups is 1. The zero-order valence-corrected chi connectivity index (χ0v) is 20.3. The van der Waals surface area contributed by atoms with Crippen LogP contribution in [0.15, 0.2) is 76.7 Å². The third-order valence-corrected chi connectivity index (χ3v) is 7.44. The topological polar surface area (TPSA) is 78.8 Å². The van der Waals surface area contributed by atoms with Gasteiger partial charge in [0.05, 0.1) is 17.7 Å². The second kappa shape index (κ2) is 11.2. The molecule has 1 N–H and O–H groups in total. The summed E-state index contributed by atoms with van der Waals surface area (Å²) in [5.74, 6) is -0.945. The van der Waals surface area contributed by atoms with E-state index in [1.54, 1.807) is 13.8 Å². The van der Waals surface area contributed by atoms with E-state index in [0.717, 1.165) is 11.1 Å². The zero-order valence-electron chi connectivity index (χ0n) is 19.5. The zero-order chi connectivity index (χ0) is 24.7. The molecule has 0 radical (unpaired) electrons. The Morgan fingerprint density at radius 2 is 1.62 bits per heavy atom. The standard InChI is InChI=1S/C26H28FN3O3S/c1-19-15-20(2)26(21(3)16-19)34(32,33)30(14-13-22-7-5-4-6-8-22)18-25(31)29-28-17-23-9-11-24(27)12-10-23/h4-12,15-17H,13-14,18H2,1-3H3,(H,29,31)/b28-17+. The van der Waals surface area contributed by atoms with Crippen LogP contribution >= 0.6 is 0 Å². The average Bonchev–Trinajstić information content (AvgIpc) is 2.77. The lowest BCUT2D eigenvalue weighted by atomic mass is 10.1.